The predicted octanol–water partition coefficient (Wildman–Crippen LogP) is 2.28. The maximum Gasteiger partial charge on any atom is 0.337 e. The third-order valence-electron chi connectivity index (χ3n) is 3.34. The molecule has 1 aromatic rings. The van der Waals surface area contributed by atoms with Crippen LogP contribution in [0, 0.1) is 0 Å². The number of carbonyl (C=O) groups is 1. The van der Waals surface area contributed by atoms with Crippen LogP contribution in [0.15, 0.2) is 30.3 Å². The highest BCUT2D eigenvalue weighted by atomic mass is 16.6. The number of hydrogen-bond acceptors (Lipinski definition) is 4. The van der Waals surface area contributed by atoms with Crippen molar-refractivity contribution in [2.24, 2.45) is 0 Å². The zero-order chi connectivity index (χ0) is 14.4. The van der Waals surface area contributed by atoms with Crippen molar-refractivity contribution in [2.75, 3.05) is 6.54 Å². The van der Waals surface area contributed by atoms with Gasteiger partial charge in [0.1, 0.15) is 6.61 Å². The summed E-state index contributed by atoms with van der Waals surface area (Å²) in [6, 6.07) is 9.77. The van der Waals surface area contributed by atoms with Gasteiger partial charge in [-0.15, -0.1) is 0 Å². The molecule has 2 atom stereocenters. The van der Waals surface area contributed by atoms with Crippen LogP contribution in [-0.2, 0) is 20.9 Å². The van der Waals surface area contributed by atoms with Crippen LogP contribution in [-0.4, -0.2) is 30.8 Å². The van der Waals surface area contributed by atoms with Crippen molar-refractivity contribution < 1.29 is 14.3 Å². The first kappa shape index (κ1) is 15.0. The van der Waals surface area contributed by atoms with E-state index in [-0.39, 0.29) is 18.1 Å². The van der Waals surface area contributed by atoms with Crippen LogP contribution in [0.5, 0.6) is 0 Å². The van der Waals surface area contributed by atoms with Crippen molar-refractivity contribution in [3.05, 3.63) is 35.9 Å². The molecule has 1 aliphatic heterocycles. The van der Waals surface area contributed by atoms with Crippen LogP contribution in [0.1, 0.15) is 32.3 Å². The van der Waals surface area contributed by atoms with Gasteiger partial charge in [-0.05, 0) is 38.8 Å². The summed E-state index contributed by atoms with van der Waals surface area (Å²) in [5, 5.41) is 3.32. The number of ether oxygens (including phenoxy) is 2. The SMILES string of the molecule is CC(C)O[C@@H](C(=O)OCc1ccccc1)[C@H]1CCCN1. The Morgan fingerprint density at radius 1 is 1.35 bits per heavy atom. The Morgan fingerprint density at radius 2 is 2.10 bits per heavy atom. The molecular formula is C16H23NO3. The Bertz CT molecular complexity index is 413. The molecule has 110 valence electrons. The van der Waals surface area contributed by atoms with E-state index in [4.69, 9.17) is 9.47 Å². The van der Waals surface area contributed by atoms with Crippen molar-refractivity contribution in [1.82, 2.24) is 5.32 Å². The quantitative estimate of drug-likeness (QED) is 0.810. The van der Waals surface area contributed by atoms with Gasteiger partial charge in [-0.2, -0.15) is 0 Å². The molecule has 4 nitrogen and oxygen atoms in total. The molecule has 0 unspecified atom stereocenters. The third kappa shape index (κ3) is 4.32. The molecule has 1 aromatic carbocycles. The van der Waals surface area contributed by atoms with Gasteiger partial charge >= 0.3 is 5.97 Å². The minimum absolute atomic E-state index is 0.00618. The average molecular weight is 277 g/mol. The summed E-state index contributed by atoms with van der Waals surface area (Å²) in [6.45, 7) is 5.11. The summed E-state index contributed by atoms with van der Waals surface area (Å²) in [6.07, 6.45) is 1.53. The summed E-state index contributed by atoms with van der Waals surface area (Å²) in [5.74, 6) is -0.276. The first-order valence-electron chi connectivity index (χ1n) is 7.26. The van der Waals surface area contributed by atoms with Crippen LogP contribution in [0.4, 0.5) is 0 Å². The maximum absolute atomic E-state index is 12.3. The van der Waals surface area contributed by atoms with Crippen molar-refractivity contribution in [3.8, 4) is 0 Å². The summed E-state index contributed by atoms with van der Waals surface area (Å²) in [5.41, 5.74) is 0.989. The Balaban J connectivity index is 1.92. The van der Waals surface area contributed by atoms with E-state index in [0.29, 0.717) is 6.61 Å². The van der Waals surface area contributed by atoms with Crippen molar-refractivity contribution in [2.45, 2.75) is 51.5 Å². The Kier molecular flexibility index (Phi) is 5.56. The minimum atomic E-state index is -0.513. The Hall–Kier alpha value is -1.39. The van der Waals surface area contributed by atoms with Gasteiger partial charge in [0.25, 0.3) is 0 Å². The lowest BCUT2D eigenvalue weighted by molar-refractivity contribution is -0.163. The fourth-order valence-electron chi connectivity index (χ4n) is 2.39. The van der Waals surface area contributed by atoms with E-state index in [1.54, 1.807) is 0 Å². The zero-order valence-electron chi connectivity index (χ0n) is 12.2. The van der Waals surface area contributed by atoms with E-state index in [9.17, 15) is 4.79 Å². The molecule has 0 radical (unpaired) electrons. The van der Waals surface area contributed by atoms with E-state index < -0.39 is 6.10 Å². The minimum Gasteiger partial charge on any atom is -0.459 e. The third-order valence-corrected chi connectivity index (χ3v) is 3.34. The van der Waals surface area contributed by atoms with Gasteiger partial charge in [-0.1, -0.05) is 30.3 Å². The second kappa shape index (κ2) is 7.41. The molecule has 0 saturated carbocycles. The molecule has 1 fully saturated rings. The van der Waals surface area contributed by atoms with E-state index in [1.165, 1.54) is 0 Å². The van der Waals surface area contributed by atoms with Crippen LogP contribution >= 0.6 is 0 Å². The van der Waals surface area contributed by atoms with Crippen LogP contribution in [0.2, 0.25) is 0 Å². The van der Waals surface area contributed by atoms with Gasteiger partial charge in [-0.3, -0.25) is 0 Å². The number of hydrogen-bond donors (Lipinski definition) is 1. The number of benzene rings is 1. The van der Waals surface area contributed by atoms with Gasteiger partial charge in [0.05, 0.1) is 6.10 Å². The van der Waals surface area contributed by atoms with Crippen LogP contribution in [0.25, 0.3) is 0 Å². The highest BCUT2D eigenvalue weighted by Crippen LogP contribution is 2.16. The van der Waals surface area contributed by atoms with Crippen molar-refractivity contribution in [3.63, 3.8) is 0 Å². The Labute approximate surface area is 120 Å². The molecule has 0 spiro atoms. The lowest BCUT2D eigenvalue weighted by Gasteiger charge is -2.24. The molecule has 0 aromatic heterocycles. The van der Waals surface area contributed by atoms with E-state index in [2.05, 4.69) is 5.32 Å². The lowest BCUT2D eigenvalue weighted by Crippen LogP contribution is -2.44. The Morgan fingerprint density at radius 3 is 2.70 bits per heavy atom. The highest BCUT2D eigenvalue weighted by molar-refractivity contribution is 5.75. The fourth-order valence-corrected chi connectivity index (χ4v) is 2.39. The predicted molar refractivity (Wildman–Crippen MR) is 77.3 cm³/mol. The van der Waals surface area contributed by atoms with Gasteiger partial charge in [0.15, 0.2) is 6.10 Å². The zero-order valence-corrected chi connectivity index (χ0v) is 12.2. The highest BCUT2D eigenvalue weighted by Gasteiger charge is 2.33. The first-order chi connectivity index (χ1) is 9.66. The van der Waals surface area contributed by atoms with Crippen LogP contribution in [0.3, 0.4) is 0 Å². The van der Waals surface area contributed by atoms with Gasteiger partial charge < -0.3 is 14.8 Å². The molecule has 1 saturated heterocycles. The van der Waals surface area contributed by atoms with E-state index in [1.807, 2.05) is 44.2 Å². The van der Waals surface area contributed by atoms with E-state index >= 15 is 0 Å². The molecule has 0 amide bonds. The summed E-state index contributed by atoms with van der Waals surface area (Å²) in [4.78, 5) is 12.3. The number of nitrogens with one attached hydrogen (secondary N) is 1. The fraction of sp³-hybridized carbons (Fsp3) is 0.562. The molecule has 1 heterocycles. The molecule has 0 aliphatic carbocycles. The second-order valence-corrected chi connectivity index (χ2v) is 5.40. The van der Waals surface area contributed by atoms with E-state index in [0.717, 1.165) is 24.9 Å². The standard InChI is InChI=1S/C16H23NO3/c1-12(2)20-15(14-9-6-10-17-14)16(18)19-11-13-7-4-3-5-8-13/h3-5,7-8,12,14-15,17H,6,9-11H2,1-2H3/t14-,15-/m1/s1. The summed E-state index contributed by atoms with van der Waals surface area (Å²) >= 11 is 0. The largest absolute Gasteiger partial charge is 0.459 e. The summed E-state index contributed by atoms with van der Waals surface area (Å²) in [7, 11) is 0. The molecular weight excluding hydrogens is 254 g/mol. The number of rotatable bonds is 6. The van der Waals surface area contributed by atoms with Gasteiger partial charge in [0.2, 0.25) is 0 Å². The molecule has 20 heavy (non-hydrogen) atoms. The van der Waals surface area contributed by atoms with Crippen molar-refractivity contribution >= 4 is 5.97 Å². The van der Waals surface area contributed by atoms with Gasteiger partial charge in [-0.25, -0.2) is 4.79 Å². The first-order valence-corrected chi connectivity index (χ1v) is 7.26. The normalized spacial score (nSPS) is 20.1. The topological polar surface area (TPSA) is 47.6 Å². The smallest absolute Gasteiger partial charge is 0.337 e. The lowest BCUT2D eigenvalue weighted by atomic mass is 10.1. The molecule has 2 rings (SSSR count). The molecule has 4 heteroatoms. The van der Waals surface area contributed by atoms with Crippen molar-refractivity contribution in [1.29, 1.82) is 0 Å². The average Bonchev–Trinajstić information content (AvgIpc) is 2.97. The number of carbonyl (C=O) groups excluding carboxylic acids is 1. The molecule has 1 aliphatic rings. The molecule has 1 N–H and O–H groups in total. The number of esters is 1. The molecule has 0 bridgehead atoms. The van der Waals surface area contributed by atoms with Crippen LogP contribution < -0.4 is 5.32 Å². The monoisotopic (exact) mass is 277 g/mol. The second-order valence-electron chi connectivity index (χ2n) is 5.40. The van der Waals surface area contributed by atoms with Gasteiger partial charge in [0, 0.05) is 6.04 Å². The maximum atomic E-state index is 12.3. The summed E-state index contributed by atoms with van der Waals surface area (Å²) < 4.78 is 11.1.